The number of amidine groups is 1. The van der Waals surface area contributed by atoms with Gasteiger partial charge in [0.1, 0.15) is 11.7 Å². The number of anilines is 1. The van der Waals surface area contributed by atoms with E-state index in [0.29, 0.717) is 0 Å². The van der Waals surface area contributed by atoms with Gasteiger partial charge in [0.05, 0.1) is 6.04 Å². The van der Waals surface area contributed by atoms with E-state index in [-0.39, 0.29) is 11.9 Å². The molecule has 18 heavy (non-hydrogen) atoms. The number of piperazine rings is 1. The first-order chi connectivity index (χ1) is 8.72. The van der Waals surface area contributed by atoms with Crippen LogP contribution in [0.3, 0.4) is 0 Å². The Bertz CT molecular complexity index is 384. The third-order valence-electron chi connectivity index (χ3n) is 3.47. The number of nitrogens with one attached hydrogen (secondary N) is 1. The monoisotopic (exact) mass is 247 g/mol. The molecule has 0 aromatic carbocycles. The molecule has 3 N–H and O–H groups in total. The quantitative estimate of drug-likeness (QED) is 0.613. The van der Waals surface area contributed by atoms with Crippen LogP contribution in [0.5, 0.6) is 0 Å². The number of nitrogens with zero attached hydrogens (tertiary/aromatic N) is 3. The van der Waals surface area contributed by atoms with Gasteiger partial charge in [0.25, 0.3) is 0 Å². The lowest BCUT2D eigenvalue weighted by Gasteiger charge is -2.39. The molecule has 0 radical (unpaired) electrons. The van der Waals surface area contributed by atoms with Gasteiger partial charge in [-0.25, -0.2) is 4.98 Å². The average Bonchev–Trinajstić information content (AvgIpc) is 2.41. The molecule has 1 saturated heterocycles. The molecule has 1 aliphatic rings. The molecule has 0 saturated carbocycles. The lowest BCUT2D eigenvalue weighted by atomic mass is 10.1. The van der Waals surface area contributed by atoms with E-state index in [1.165, 1.54) is 0 Å². The highest BCUT2D eigenvalue weighted by molar-refractivity contribution is 5.82. The molecule has 1 aromatic rings. The zero-order valence-corrected chi connectivity index (χ0v) is 10.8. The summed E-state index contributed by atoms with van der Waals surface area (Å²) in [6, 6.07) is 6.08. The summed E-state index contributed by atoms with van der Waals surface area (Å²) in [5.74, 6) is 1.32. The van der Waals surface area contributed by atoms with Crippen molar-refractivity contribution in [2.45, 2.75) is 19.4 Å². The van der Waals surface area contributed by atoms with E-state index in [1.54, 1.807) is 0 Å². The Morgan fingerprint density at radius 1 is 1.39 bits per heavy atom. The molecule has 1 aliphatic heterocycles. The molecule has 0 spiro atoms. The molecule has 0 amide bonds. The molecule has 5 nitrogen and oxygen atoms in total. The Hall–Kier alpha value is -1.62. The molecule has 0 aliphatic carbocycles. The fraction of sp³-hybridized carbons (Fsp3) is 0.538. The van der Waals surface area contributed by atoms with Crippen LogP contribution >= 0.6 is 0 Å². The van der Waals surface area contributed by atoms with Crippen LogP contribution in [-0.4, -0.2) is 47.9 Å². The summed E-state index contributed by atoms with van der Waals surface area (Å²) in [5, 5.41) is 7.61. The van der Waals surface area contributed by atoms with Gasteiger partial charge < -0.3 is 10.6 Å². The molecule has 98 valence electrons. The highest BCUT2D eigenvalue weighted by Gasteiger charge is 2.24. The summed E-state index contributed by atoms with van der Waals surface area (Å²) < 4.78 is 0. The molecule has 1 fully saturated rings. The molecular weight excluding hydrogens is 226 g/mol. The summed E-state index contributed by atoms with van der Waals surface area (Å²) in [7, 11) is 0. The Morgan fingerprint density at radius 3 is 2.61 bits per heavy atom. The maximum Gasteiger partial charge on any atom is 0.128 e. The van der Waals surface area contributed by atoms with E-state index in [2.05, 4.69) is 21.7 Å². The Balaban J connectivity index is 1.94. The molecule has 1 aromatic heterocycles. The lowest BCUT2D eigenvalue weighted by Crippen LogP contribution is -2.54. The first-order valence-electron chi connectivity index (χ1n) is 6.46. The van der Waals surface area contributed by atoms with Gasteiger partial charge in [-0.1, -0.05) is 13.0 Å². The number of nitrogens with two attached hydrogens (primary N) is 1. The maximum absolute atomic E-state index is 7.61. The van der Waals surface area contributed by atoms with Gasteiger partial charge in [-0.15, -0.1) is 0 Å². The van der Waals surface area contributed by atoms with Gasteiger partial charge in [0.15, 0.2) is 0 Å². The third kappa shape index (κ3) is 2.79. The molecule has 2 heterocycles. The topological polar surface area (TPSA) is 69.2 Å². The first-order valence-corrected chi connectivity index (χ1v) is 6.46. The van der Waals surface area contributed by atoms with Crippen LogP contribution in [0, 0.1) is 5.41 Å². The lowest BCUT2D eigenvalue weighted by molar-refractivity contribution is 0.221. The van der Waals surface area contributed by atoms with Gasteiger partial charge in [-0.3, -0.25) is 10.3 Å². The standard InChI is InChI=1S/C13H21N5/c1-2-11(13(14)15)17-7-9-18(10-8-17)12-5-3-4-6-16-12/h3-6,11H,2,7-10H2,1H3,(H3,14,15). The molecule has 2 rings (SSSR count). The second kappa shape index (κ2) is 5.82. The SMILES string of the molecule is CCC(C(=N)N)N1CCN(c2ccccn2)CC1. The Labute approximate surface area is 108 Å². The maximum atomic E-state index is 7.61. The van der Waals surface area contributed by atoms with Gasteiger partial charge in [-0.05, 0) is 18.6 Å². The minimum absolute atomic E-state index is 0.0934. The molecule has 1 atom stereocenters. The first kappa shape index (κ1) is 12.8. The number of aromatic nitrogens is 1. The summed E-state index contributed by atoms with van der Waals surface area (Å²) >= 11 is 0. The van der Waals surface area contributed by atoms with E-state index in [9.17, 15) is 0 Å². The van der Waals surface area contributed by atoms with Crippen LogP contribution in [0.4, 0.5) is 5.82 Å². The third-order valence-corrected chi connectivity index (χ3v) is 3.47. The van der Waals surface area contributed by atoms with Crippen LogP contribution in [0.25, 0.3) is 0 Å². The molecular formula is C13H21N5. The van der Waals surface area contributed by atoms with E-state index in [1.807, 2.05) is 24.4 Å². The van der Waals surface area contributed by atoms with Crippen molar-refractivity contribution in [3.05, 3.63) is 24.4 Å². The fourth-order valence-corrected chi connectivity index (χ4v) is 2.48. The molecule has 5 heteroatoms. The van der Waals surface area contributed by atoms with Gasteiger partial charge >= 0.3 is 0 Å². The number of pyridine rings is 1. The van der Waals surface area contributed by atoms with E-state index in [4.69, 9.17) is 11.1 Å². The summed E-state index contributed by atoms with van der Waals surface area (Å²) in [5.41, 5.74) is 5.64. The highest BCUT2D eigenvalue weighted by Crippen LogP contribution is 2.14. The number of hydrogen-bond acceptors (Lipinski definition) is 4. The van der Waals surface area contributed by atoms with Crippen LogP contribution in [0.1, 0.15) is 13.3 Å². The van der Waals surface area contributed by atoms with Crippen LogP contribution < -0.4 is 10.6 Å². The normalized spacial score (nSPS) is 18.6. The van der Waals surface area contributed by atoms with E-state index < -0.39 is 0 Å². The summed E-state index contributed by atoms with van der Waals surface area (Å²) in [6.45, 7) is 5.85. The highest BCUT2D eigenvalue weighted by atomic mass is 15.3. The number of rotatable bonds is 4. The zero-order valence-electron chi connectivity index (χ0n) is 10.8. The smallest absolute Gasteiger partial charge is 0.128 e. The fourth-order valence-electron chi connectivity index (χ4n) is 2.48. The van der Waals surface area contributed by atoms with Crippen LogP contribution in [0.15, 0.2) is 24.4 Å². The van der Waals surface area contributed by atoms with Gasteiger partial charge in [0.2, 0.25) is 0 Å². The summed E-state index contributed by atoms with van der Waals surface area (Å²) in [4.78, 5) is 8.94. The van der Waals surface area contributed by atoms with Crippen LogP contribution in [0.2, 0.25) is 0 Å². The zero-order chi connectivity index (χ0) is 13.0. The van der Waals surface area contributed by atoms with Gasteiger partial charge in [-0.2, -0.15) is 0 Å². The second-order valence-electron chi connectivity index (χ2n) is 4.59. The van der Waals surface area contributed by atoms with Crippen molar-refractivity contribution in [1.29, 1.82) is 5.41 Å². The van der Waals surface area contributed by atoms with E-state index >= 15 is 0 Å². The number of hydrogen-bond donors (Lipinski definition) is 2. The van der Waals surface area contributed by atoms with Crippen molar-refractivity contribution in [3.63, 3.8) is 0 Å². The van der Waals surface area contributed by atoms with Crippen molar-refractivity contribution in [2.24, 2.45) is 5.73 Å². The van der Waals surface area contributed by atoms with Crippen LogP contribution in [-0.2, 0) is 0 Å². The van der Waals surface area contributed by atoms with Crippen molar-refractivity contribution in [2.75, 3.05) is 31.1 Å². The second-order valence-corrected chi connectivity index (χ2v) is 4.59. The predicted octanol–water partition coefficient (Wildman–Crippen LogP) is 0.918. The van der Waals surface area contributed by atoms with Crippen molar-refractivity contribution in [1.82, 2.24) is 9.88 Å². The summed E-state index contributed by atoms with van der Waals surface area (Å²) in [6.07, 6.45) is 2.73. The van der Waals surface area contributed by atoms with Crippen molar-refractivity contribution >= 4 is 11.7 Å². The molecule has 0 bridgehead atoms. The Morgan fingerprint density at radius 2 is 2.11 bits per heavy atom. The molecule has 1 unspecified atom stereocenters. The predicted molar refractivity (Wildman–Crippen MR) is 74.0 cm³/mol. The minimum atomic E-state index is 0.0934. The van der Waals surface area contributed by atoms with Gasteiger partial charge in [0, 0.05) is 32.4 Å². The minimum Gasteiger partial charge on any atom is -0.386 e. The van der Waals surface area contributed by atoms with E-state index in [0.717, 1.165) is 38.4 Å². The largest absolute Gasteiger partial charge is 0.386 e. The van der Waals surface area contributed by atoms with Crippen molar-refractivity contribution < 1.29 is 0 Å². The Kier molecular flexibility index (Phi) is 4.15. The van der Waals surface area contributed by atoms with Crippen molar-refractivity contribution in [3.8, 4) is 0 Å². The average molecular weight is 247 g/mol.